The second-order valence-electron chi connectivity index (χ2n) is 8.17. The standard InChI is InChI=1S/C20H19N3O5/c1-9(18(24)21-10-3-2-4-11(7-10)23(27)28)22-19(25)16-12-5-6-13(15-8-14(12)15)17(16)20(22)26/h2-7,9,12-17H,8H2,1H3,(H,21,24)/t9-,12-,13+,14-,15+,16+,17-/m0/s1. The van der Waals surface area contributed by atoms with Crippen LogP contribution in [0.1, 0.15) is 13.3 Å². The Balaban J connectivity index is 1.36. The van der Waals surface area contributed by atoms with Crippen molar-refractivity contribution in [3.8, 4) is 0 Å². The largest absolute Gasteiger partial charge is 0.324 e. The number of hydrogen-bond donors (Lipinski definition) is 1. The smallest absolute Gasteiger partial charge is 0.271 e. The number of imide groups is 1. The summed E-state index contributed by atoms with van der Waals surface area (Å²) in [6.07, 6.45) is 5.25. The number of rotatable bonds is 4. The molecule has 0 aromatic heterocycles. The summed E-state index contributed by atoms with van der Waals surface area (Å²) in [7, 11) is 0. The average molecular weight is 381 g/mol. The Bertz CT molecular complexity index is 921. The maximum Gasteiger partial charge on any atom is 0.271 e. The molecule has 0 unspecified atom stereocenters. The summed E-state index contributed by atoms with van der Waals surface area (Å²) >= 11 is 0. The summed E-state index contributed by atoms with van der Waals surface area (Å²) in [5.41, 5.74) is 0.109. The number of nitro groups is 1. The van der Waals surface area contributed by atoms with Gasteiger partial charge < -0.3 is 5.32 Å². The van der Waals surface area contributed by atoms with Gasteiger partial charge in [0.2, 0.25) is 17.7 Å². The van der Waals surface area contributed by atoms with Crippen LogP contribution in [0.4, 0.5) is 11.4 Å². The molecule has 7 atom stereocenters. The molecule has 8 heteroatoms. The van der Waals surface area contributed by atoms with Gasteiger partial charge in [-0.1, -0.05) is 18.2 Å². The fourth-order valence-electron chi connectivity index (χ4n) is 5.42. The summed E-state index contributed by atoms with van der Waals surface area (Å²) in [4.78, 5) is 50.2. The monoisotopic (exact) mass is 381 g/mol. The van der Waals surface area contributed by atoms with Crippen LogP contribution in [0.25, 0.3) is 0 Å². The number of carbonyl (C=O) groups excluding carboxylic acids is 3. The van der Waals surface area contributed by atoms with E-state index in [-0.39, 0.29) is 46.9 Å². The lowest BCUT2D eigenvalue weighted by Gasteiger charge is -2.37. The number of likely N-dealkylation sites (tertiary alicyclic amines) is 1. The molecule has 1 aromatic carbocycles. The lowest BCUT2D eigenvalue weighted by Crippen LogP contribution is -2.46. The Hall–Kier alpha value is -3.03. The molecular weight excluding hydrogens is 362 g/mol. The average Bonchev–Trinajstić information content (AvgIpc) is 3.45. The highest BCUT2D eigenvalue weighted by molar-refractivity contribution is 6.10. The topological polar surface area (TPSA) is 110 Å². The summed E-state index contributed by atoms with van der Waals surface area (Å²) < 4.78 is 0. The van der Waals surface area contributed by atoms with Gasteiger partial charge in [-0.25, -0.2) is 0 Å². The zero-order valence-corrected chi connectivity index (χ0v) is 15.1. The van der Waals surface area contributed by atoms with Gasteiger partial charge >= 0.3 is 0 Å². The number of allylic oxidation sites excluding steroid dienone is 2. The zero-order chi connectivity index (χ0) is 19.7. The number of amides is 3. The van der Waals surface area contributed by atoms with Crippen LogP contribution in [0.5, 0.6) is 0 Å². The van der Waals surface area contributed by atoms with Crippen LogP contribution in [-0.4, -0.2) is 33.6 Å². The van der Waals surface area contributed by atoms with Crippen molar-refractivity contribution in [2.24, 2.45) is 35.5 Å². The maximum atomic E-state index is 13.0. The Morgan fingerprint density at radius 2 is 1.79 bits per heavy atom. The van der Waals surface area contributed by atoms with E-state index in [0.29, 0.717) is 11.8 Å². The summed E-state index contributed by atoms with van der Waals surface area (Å²) in [5.74, 6) is -0.543. The van der Waals surface area contributed by atoms with Gasteiger partial charge in [0.05, 0.1) is 16.8 Å². The zero-order valence-electron chi connectivity index (χ0n) is 15.1. The molecule has 1 N–H and O–H groups in total. The quantitative estimate of drug-likeness (QED) is 0.371. The number of hydrogen-bond acceptors (Lipinski definition) is 5. The number of anilines is 1. The van der Waals surface area contributed by atoms with Crippen LogP contribution in [0.15, 0.2) is 36.4 Å². The Morgan fingerprint density at radius 1 is 1.18 bits per heavy atom. The van der Waals surface area contributed by atoms with E-state index in [1.165, 1.54) is 31.2 Å². The number of benzene rings is 1. The number of nitrogens with zero attached hydrogens (tertiary/aromatic N) is 2. The fourth-order valence-corrected chi connectivity index (χ4v) is 5.42. The first-order chi connectivity index (χ1) is 13.4. The van der Waals surface area contributed by atoms with E-state index in [1.54, 1.807) is 0 Å². The molecule has 1 aromatic rings. The van der Waals surface area contributed by atoms with Crippen LogP contribution in [0.3, 0.4) is 0 Å². The van der Waals surface area contributed by atoms with Crippen LogP contribution in [0, 0.1) is 45.6 Å². The first kappa shape index (κ1) is 17.1. The predicted molar refractivity (Wildman–Crippen MR) is 97.7 cm³/mol. The van der Waals surface area contributed by atoms with Gasteiger partial charge in [0.1, 0.15) is 6.04 Å². The Kier molecular flexibility index (Phi) is 3.50. The maximum absolute atomic E-state index is 13.0. The van der Waals surface area contributed by atoms with Crippen molar-refractivity contribution in [1.82, 2.24) is 4.90 Å². The van der Waals surface area contributed by atoms with Crippen LogP contribution in [0.2, 0.25) is 0 Å². The van der Waals surface area contributed by atoms with E-state index >= 15 is 0 Å². The fraction of sp³-hybridized carbons (Fsp3) is 0.450. The first-order valence-corrected chi connectivity index (χ1v) is 9.49. The lowest BCUT2D eigenvalue weighted by atomic mass is 9.63. The molecule has 2 bridgehead atoms. The Morgan fingerprint density at radius 3 is 2.36 bits per heavy atom. The molecule has 0 spiro atoms. The second kappa shape index (κ2) is 5.73. The van der Waals surface area contributed by atoms with Gasteiger partial charge in [0.15, 0.2) is 0 Å². The number of nitro benzene ring substituents is 1. The minimum atomic E-state index is -0.972. The van der Waals surface area contributed by atoms with Crippen molar-refractivity contribution >= 4 is 29.1 Å². The van der Waals surface area contributed by atoms with E-state index in [1.807, 2.05) is 0 Å². The van der Waals surface area contributed by atoms with Gasteiger partial charge in [-0.15, -0.1) is 0 Å². The number of non-ortho nitro benzene ring substituents is 1. The molecule has 5 aliphatic rings. The molecule has 3 amide bonds. The molecule has 28 heavy (non-hydrogen) atoms. The lowest BCUT2D eigenvalue weighted by molar-refractivity contribution is -0.384. The third-order valence-electron chi connectivity index (χ3n) is 6.79. The van der Waals surface area contributed by atoms with Crippen LogP contribution < -0.4 is 5.32 Å². The number of nitrogens with one attached hydrogen (secondary N) is 1. The SMILES string of the molecule is C[C@@H](C(=O)Nc1cccc([N+](=O)[O-])c1)N1C(=O)[C@@H]2[C@H]3C=C[C@H]([C@H]4C[C@@H]34)[C@@H]2C1=O. The Labute approximate surface area is 160 Å². The second-order valence-corrected chi connectivity index (χ2v) is 8.17. The van der Waals surface area contributed by atoms with E-state index in [0.717, 1.165) is 11.3 Å². The minimum absolute atomic E-state index is 0.105. The first-order valence-electron chi connectivity index (χ1n) is 9.49. The molecule has 8 nitrogen and oxygen atoms in total. The highest BCUT2D eigenvalue weighted by Gasteiger charge is 2.67. The van der Waals surface area contributed by atoms with Gasteiger partial charge in [-0.05, 0) is 43.1 Å². The van der Waals surface area contributed by atoms with Crippen molar-refractivity contribution in [3.05, 3.63) is 46.5 Å². The van der Waals surface area contributed by atoms with Gasteiger partial charge in [0.25, 0.3) is 5.69 Å². The van der Waals surface area contributed by atoms with E-state index < -0.39 is 16.9 Å². The third-order valence-corrected chi connectivity index (χ3v) is 6.79. The molecule has 4 aliphatic carbocycles. The molecule has 0 radical (unpaired) electrons. The van der Waals surface area contributed by atoms with E-state index in [9.17, 15) is 24.5 Å². The van der Waals surface area contributed by atoms with Crippen molar-refractivity contribution in [1.29, 1.82) is 0 Å². The van der Waals surface area contributed by atoms with E-state index in [2.05, 4.69) is 17.5 Å². The molecule has 144 valence electrons. The number of carbonyl (C=O) groups is 3. The molecule has 1 saturated heterocycles. The van der Waals surface area contributed by atoms with Crippen molar-refractivity contribution in [2.75, 3.05) is 5.32 Å². The predicted octanol–water partition coefficient (Wildman–Crippen LogP) is 1.97. The molecule has 6 rings (SSSR count). The van der Waals surface area contributed by atoms with Crippen LogP contribution in [-0.2, 0) is 14.4 Å². The van der Waals surface area contributed by atoms with Crippen molar-refractivity contribution in [2.45, 2.75) is 19.4 Å². The molecular formula is C20H19N3O5. The van der Waals surface area contributed by atoms with Gasteiger partial charge in [-0.3, -0.25) is 29.4 Å². The van der Waals surface area contributed by atoms with Gasteiger partial charge in [-0.2, -0.15) is 0 Å². The molecule has 1 aliphatic heterocycles. The summed E-state index contributed by atoms with van der Waals surface area (Å²) in [5, 5.41) is 13.5. The highest BCUT2D eigenvalue weighted by Crippen LogP contribution is 2.65. The van der Waals surface area contributed by atoms with Gasteiger partial charge in [0, 0.05) is 17.8 Å². The van der Waals surface area contributed by atoms with Crippen molar-refractivity contribution < 1.29 is 19.3 Å². The van der Waals surface area contributed by atoms with Crippen LogP contribution >= 0.6 is 0 Å². The minimum Gasteiger partial charge on any atom is -0.324 e. The normalized spacial score (nSPS) is 35.4. The third kappa shape index (κ3) is 2.26. The summed E-state index contributed by atoms with van der Waals surface area (Å²) in [6.45, 7) is 1.52. The summed E-state index contributed by atoms with van der Waals surface area (Å²) in [6, 6.07) is 4.60. The molecule has 2 saturated carbocycles. The molecule has 1 heterocycles. The van der Waals surface area contributed by atoms with E-state index in [4.69, 9.17) is 0 Å². The molecule has 3 fully saturated rings. The van der Waals surface area contributed by atoms with Crippen molar-refractivity contribution in [3.63, 3.8) is 0 Å². The highest BCUT2D eigenvalue weighted by atomic mass is 16.6.